The first-order valence-corrected chi connectivity index (χ1v) is 8.72. The van der Waals surface area contributed by atoms with E-state index in [-0.39, 0.29) is 10.5 Å². The van der Waals surface area contributed by atoms with Gasteiger partial charge in [0.1, 0.15) is 0 Å². The maximum Gasteiger partial charge on any atom is 0.337 e. The zero-order valence-corrected chi connectivity index (χ0v) is 14.4. The summed E-state index contributed by atoms with van der Waals surface area (Å²) in [5, 5.41) is 20.6. The predicted octanol–water partition coefficient (Wildman–Crippen LogP) is 0.599. The normalized spacial score (nSPS) is 13.9. The Morgan fingerprint density at radius 3 is 2.36 bits per heavy atom. The van der Waals surface area contributed by atoms with Crippen LogP contribution >= 0.6 is 0 Å². The zero-order valence-electron chi connectivity index (χ0n) is 13.6. The summed E-state index contributed by atoms with van der Waals surface area (Å²) in [6, 6.07) is 7.55. The van der Waals surface area contributed by atoms with Crippen LogP contribution in [0.25, 0.3) is 0 Å². The third-order valence-corrected chi connectivity index (χ3v) is 5.23. The van der Waals surface area contributed by atoms with Crippen molar-refractivity contribution in [2.75, 3.05) is 6.54 Å². The Morgan fingerprint density at radius 1 is 1.20 bits per heavy atom. The number of carbonyl (C=O) groups excluding carboxylic acids is 1. The maximum absolute atomic E-state index is 12.5. The first kappa shape index (κ1) is 18.7. The second kappa shape index (κ2) is 6.69. The number of carbonyl (C=O) groups is 2. The van der Waals surface area contributed by atoms with Crippen LogP contribution < -0.4 is 5.32 Å². The van der Waals surface area contributed by atoms with Crippen LogP contribution in [0.1, 0.15) is 22.8 Å². The molecule has 1 amide bonds. The highest BCUT2D eigenvalue weighted by molar-refractivity contribution is 7.90. The van der Waals surface area contributed by atoms with Crippen molar-refractivity contribution in [2.45, 2.75) is 24.3 Å². The van der Waals surface area contributed by atoms with E-state index in [1.54, 1.807) is 12.1 Å². The molecule has 9 heteroatoms. The fraction of sp³-hybridized carbons (Fsp3) is 0.250. The minimum Gasteiger partial charge on any atom is -0.479 e. The molecule has 1 atom stereocenters. The fourth-order valence-corrected chi connectivity index (χ4v) is 3.12. The average Bonchev–Trinajstić information content (AvgIpc) is 3.04. The topological polar surface area (TPSA) is 126 Å². The van der Waals surface area contributed by atoms with Crippen molar-refractivity contribution < 1.29 is 28.2 Å². The van der Waals surface area contributed by atoms with Gasteiger partial charge < -0.3 is 15.5 Å². The number of aromatic nitrogens is 1. The third kappa shape index (κ3) is 4.06. The number of hydrogen-bond acceptors (Lipinski definition) is 5. The second-order valence-electron chi connectivity index (χ2n) is 5.81. The van der Waals surface area contributed by atoms with E-state index in [1.165, 1.54) is 24.4 Å². The molecule has 0 aliphatic heterocycles. The molecule has 134 valence electrons. The van der Waals surface area contributed by atoms with Crippen molar-refractivity contribution in [3.63, 3.8) is 0 Å². The third-order valence-electron chi connectivity index (χ3n) is 3.58. The van der Waals surface area contributed by atoms with Gasteiger partial charge in [-0.15, -0.1) is 0 Å². The van der Waals surface area contributed by atoms with Gasteiger partial charge in [-0.1, -0.05) is 17.7 Å². The Bertz CT molecular complexity index is 897. The van der Waals surface area contributed by atoms with Crippen LogP contribution in [0.15, 0.2) is 47.6 Å². The molecule has 1 aromatic heterocycles. The number of benzene rings is 1. The SMILES string of the molecule is Cc1ccc(S(=O)(=O)n2ccc(C(=O)NCC(C)(O)C(=O)O)c2)cc1. The number of aliphatic hydroxyl groups is 1. The van der Waals surface area contributed by atoms with Gasteiger partial charge in [0.15, 0.2) is 5.60 Å². The number of amides is 1. The van der Waals surface area contributed by atoms with Crippen LogP contribution in [0.5, 0.6) is 0 Å². The predicted molar refractivity (Wildman–Crippen MR) is 88.8 cm³/mol. The largest absolute Gasteiger partial charge is 0.479 e. The Morgan fingerprint density at radius 2 is 1.80 bits per heavy atom. The molecule has 1 heterocycles. The van der Waals surface area contributed by atoms with E-state index < -0.39 is 34.0 Å². The smallest absolute Gasteiger partial charge is 0.337 e. The Labute approximate surface area is 144 Å². The summed E-state index contributed by atoms with van der Waals surface area (Å²) < 4.78 is 25.9. The van der Waals surface area contributed by atoms with Crippen molar-refractivity contribution in [1.82, 2.24) is 9.29 Å². The average molecular weight is 366 g/mol. The molecule has 1 unspecified atom stereocenters. The molecule has 0 fully saturated rings. The minimum absolute atomic E-state index is 0.0249. The minimum atomic E-state index is -3.83. The monoisotopic (exact) mass is 366 g/mol. The van der Waals surface area contributed by atoms with Crippen molar-refractivity contribution in [1.29, 1.82) is 0 Å². The molecule has 0 radical (unpaired) electrons. The molecule has 0 saturated carbocycles. The number of nitrogens with zero attached hydrogens (tertiary/aromatic N) is 1. The second-order valence-corrected chi connectivity index (χ2v) is 7.65. The van der Waals surface area contributed by atoms with Gasteiger partial charge in [0.25, 0.3) is 15.9 Å². The van der Waals surface area contributed by atoms with E-state index in [0.717, 1.165) is 22.7 Å². The van der Waals surface area contributed by atoms with E-state index >= 15 is 0 Å². The summed E-state index contributed by atoms with van der Waals surface area (Å²) >= 11 is 0. The lowest BCUT2D eigenvalue weighted by atomic mass is 10.1. The molecule has 25 heavy (non-hydrogen) atoms. The number of hydrogen-bond donors (Lipinski definition) is 3. The molecular weight excluding hydrogens is 348 g/mol. The molecule has 3 N–H and O–H groups in total. The van der Waals surface area contributed by atoms with E-state index in [9.17, 15) is 23.1 Å². The summed E-state index contributed by atoms with van der Waals surface area (Å²) in [5.41, 5.74) is -1.18. The highest BCUT2D eigenvalue weighted by Gasteiger charge is 2.30. The number of nitrogens with one attached hydrogen (secondary N) is 1. The van der Waals surface area contributed by atoms with Gasteiger partial charge >= 0.3 is 5.97 Å². The van der Waals surface area contributed by atoms with Crippen LogP contribution in [0.3, 0.4) is 0 Å². The molecule has 1 aromatic carbocycles. The Hall–Kier alpha value is -2.65. The van der Waals surface area contributed by atoms with Crippen molar-refractivity contribution in [3.05, 3.63) is 53.9 Å². The summed E-state index contributed by atoms with van der Waals surface area (Å²) in [4.78, 5) is 22.9. The quantitative estimate of drug-likeness (QED) is 0.687. The highest BCUT2D eigenvalue weighted by atomic mass is 32.2. The molecule has 0 bridgehead atoms. The van der Waals surface area contributed by atoms with E-state index in [0.29, 0.717) is 0 Å². The highest BCUT2D eigenvalue weighted by Crippen LogP contribution is 2.16. The van der Waals surface area contributed by atoms with Gasteiger partial charge in [0, 0.05) is 12.4 Å². The summed E-state index contributed by atoms with van der Waals surface area (Å²) in [6.07, 6.45) is 2.35. The number of rotatable bonds is 6. The Kier molecular flexibility index (Phi) is 5.00. The van der Waals surface area contributed by atoms with Gasteiger partial charge in [-0.05, 0) is 32.0 Å². The number of carboxylic acids is 1. The fourth-order valence-electron chi connectivity index (χ4n) is 1.92. The lowest BCUT2D eigenvalue weighted by Crippen LogP contribution is -2.46. The Balaban J connectivity index is 2.18. The summed E-state index contributed by atoms with van der Waals surface area (Å²) in [6.45, 7) is 2.36. The molecule has 2 rings (SSSR count). The number of aliphatic carboxylic acids is 1. The van der Waals surface area contributed by atoms with E-state index in [4.69, 9.17) is 5.11 Å². The van der Waals surface area contributed by atoms with Crippen LogP contribution in [-0.4, -0.2) is 46.6 Å². The molecule has 0 aliphatic carbocycles. The number of aryl methyl sites for hydroxylation is 1. The first-order valence-electron chi connectivity index (χ1n) is 7.28. The van der Waals surface area contributed by atoms with Gasteiger partial charge in [-0.3, -0.25) is 4.79 Å². The van der Waals surface area contributed by atoms with Crippen LogP contribution in [0.2, 0.25) is 0 Å². The molecule has 0 saturated heterocycles. The van der Waals surface area contributed by atoms with Crippen molar-refractivity contribution in [3.8, 4) is 0 Å². The van der Waals surface area contributed by atoms with Gasteiger partial charge in [-0.2, -0.15) is 0 Å². The summed E-state index contributed by atoms with van der Waals surface area (Å²) in [7, 11) is -3.83. The zero-order chi connectivity index (χ0) is 18.8. The molecule has 0 aliphatic rings. The van der Waals surface area contributed by atoms with E-state index in [2.05, 4.69) is 5.32 Å². The lowest BCUT2D eigenvalue weighted by Gasteiger charge is -2.17. The van der Waals surface area contributed by atoms with Crippen LogP contribution in [-0.2, 0) is 14.8 Å². The maximum atomic E-state index is 12.5. The van der Waals surface area contributed by atoms with Gasteiger partial charge in [-0.25, -0.2) is 17.2 Å². The summed E-state index contributed by atoms with van der Waals surface area (Å²) in [5.74, 6) is -2.17. The lowest BCUT2D eigenvalue weighted by molar-refractivity contribution is -0.155. The molecule has 0 spiro atoms. The standard InChI is InChI=1S/C16H18N2O6S/c1-11-3-5-13(6-4-11)25(23,24)18-8-7-12(9-18)14(19)17-10-16(2,22)15(20)21/h3-9,22H,10H2,1-2H3,(H,17,19)(H,20,21). The van der Waals surface area contributed by atoms with Gasteiger partial charge in [0.2, 0.25) is 0 Å². The molecule has 8 nitrogen and oxygen atoms in total. The van der Waals surface area contributed by atoms with Crippen LogP contribution in [0.4, 0.5) is 0 Å². The van der Waals surface area contributed by atoms with Crippen molar-refractivity contribution in [2.24, 2.45) is 0 Å². The van der Waals surface area contributed by atoms with E-state index in [1.807, 2.05) is 6.92 Å². The number of carboxylic acid groups (broad SMARTS) is 1. The van der Waals surface area contributed by atoms with Crippen molar-refractivity contribution >= 4 is 21.9 Å². The molecular formula is C16H18N2O6S. The van der Waals surface area contributed by atoms with Crippen LogP contribution in [0, 0.1) is 6.92 Å². The molecule has 2 aromatic rings. The van der Waals surface area contributed by atoms with Gasteiger partial charge in [0.05, 0.1) is 17.0 Å². The first-order chi connectivity index (χ1) is 11.5.